The van der Waals surface area contributed by atoms with Gasteiger partial charge in [-0.15, -0.1) is 0 Å². The standard InChI is InChI=1S/C14H12N2O3/c15-14(19-9-17)12-8-11(6-7-16-12)13(18)10-4-2-1-3-5-10/h1-9,14H,15H2. The summed E-state index contributed by atoms with van der Waals surface area (Å²) in [5.74, 6) is -0.137. The van der Waals surface area contributed by atoms with Crippen molar-refractivity contribution in [2.24, 2.45) is 5.73 Å². The van der Waals surface area contributed by atoms with Crippen molar-refractivity contribution in [1.29, 1.82) is 0 Å². The van der Waals surface area contributed by atoms with Crippen LogP contribution in [0.25, 0.3) is 0 Å². The molecule has 1 unspecified atom stereocenters. The SMILES string of the molecule is NC(OC=O)c1cc(C(=O)c2ccccc2)ccn1. The monoisotopic (exact) mass is 256 g/mol. The Morgan fingerprint density at radius 3 is 2.63 bits per heavy atom. The molecule has 1 atom stereocenters. The third-order valence-electron chi connectivity index (χ3n) is 2.57. The number of hydrogen-bond donors (Lipinski definition) is 1. The minimum atomic E-state index is -0.971. The summed E-state index contributed by atoms with van der Waals surface area (Å²) in [5.41, 5.74) is 6.93. The van der Waals surface area contributed by atoms with E-state index in [2.05, 4.69) is 9.72 Å². The van der Waals surface area contributed by atoms with Crippen molar-refractivity contribution >= 4 is 12.3 Å². The number of nitrogens with zero attached hydrogens (tertiary/aromatic N) is 1. The highest BCUT2D eigenvalue weighted by Gasteiger charge is 2.13. The molecule has 2 N–H and O–H groups in total. The van der Waals surface area contributed by atoms with Crippen LogP contribution in [0.4, 0.5) is 0 Å². The van der Waals surface area contributed by atoms with Crippen LogP contribution in [0.3, 0.4) is 0 Å². The maximum atomic E-state index is 12.2. The van der Waals surface area contributed by atoms with E-state index in [-0.39, 0.29) is 12.3 Å². The summed E-state index contributed by atoms with van der Waals surface area (Å²) in [6.45, 7) is 0.248. The molecule has 0 saturated heterocycles. The van der Waals surface area contributed by atoms with Crippen LogP contribution in [0.1, 0.15) is 27.8 Å². The van der Waals surface area contributed by atoms with Crippen molar-refractivity contribution in [2.75, 3.05) is 0 Å². The van der Waals surface area contributed by atoms with Crippen molar-refractivity contribution in [3.05, 3.63) is 65.5 Å². The molecule has 2 rings (SSSR count). The summed E-state index contributed by atoms with van der Waals surface area (Å²) in [6.07, 6.45) is 0.487. The second-order valence-electron chi connectivity index (χ2n) is 3.82. The van der Waals surface area contributed by atoms with E-state index in [4.69, 9.17) is 5.73 Å². The van der Waals surface area contributed by atoms with Crippen molar-refractivity contribution < 1.29 is 14.3 Å². The van der Waals surface area contributed by atoms with E-state index in [1.807, 2.05) is 6.07 Å². The zero-order chi connectivity index (χ0) is 13.7. The van der Waals surface area contributed by atoms with Crippen molar-refractivity contribution in [3.63, 3.8) is 0 Å². The number of carbonyl (C=O) groups is 2. The van der Waals surface area contributed by atoms with E-state index in [9.17, 15) is 9.59 Å². The average Bonchev–Trinajstić information content (AvgIpc) is 2.48. The number of nitrogens with two attached hydrogens (primary N) is 1. The molecule has 5 heteroatoms. The predicted octanol–water partition coefficient (Wildman–Crippen LogP) is 1.44. The molecule has 1 aromatic heterocycles. The van der Waals surface area contributed by atoms with Gasteiger partial charge in [-0.3, -0.25) is 20.3 Å². The lowest BCUT2D eigenvalue weighted by molar-refractivity contribution is -0.133. The Bertz CT molecular complexity index is 584. The lowest BCUT2D eigenvalue weighted by atomic mass is 10.0. The smallest absolute Gasteiger partial charge is 0.294 e. The maximum absolute atomic E-state index is 12.2. The Hall–Kier alpha value is -2.53. The van der Waals surface area contributed by atoms with Crippen LogP contribution in [0.5, 0.6) is 0 Å². The van der Waals surface area contributed by atoms with Crippen LogP contribution in [-0.2, 0) is 9.53 Å². The second kappa shape index (κ2) is 5.88. The summed E-state index contributed by atoms with van der Waals surface area (Å²) >= 11 is 0. The zero-order valence-corrected chi connectivity index (χ0v) is 10.0. The molecule has 2 aromatic rings. The lowest BCUT2D eigenvalue weighted by Crippen LogP contribution is -2.16. The molecule has 0 aliphatic carbocycles. The van der Waals surface area contributed by atoms with Gasteiger partial charge in [0.15, 0.2) is 12.0 Å². The first kappa shape index (κ1) is 12.9. The van der Waals surface area contributed by atoms with Gasteiger partial charge >= 0.3 is 0 Å². The minimum absolute atomic E-state index is 0.137. The van der Waals surface area contributed by atoms with Crippen LogP contribution in [-0.4, -0.2) is 17.2 Å². The van der Waals surface area contributed by atoms with Crippen LogP contribution >= 0.6 is 0 Å². The van der Waals surface area contributed by atoms with E-state index >= 15 is 0 Å². The third-order valence-corrected chi connectivity index (χ3v) is 2.57. The van der Waals surface area contributed by atoms with E-state index in [1.165, 1.54) is 12.3 Å². The number of carbonyl (C=O) groups excluding carboxylic acids is 2. The van der Waals surface area contributed by atoms with E-state index in [1.54, 1.807) is 30.3 Å². The fourth-order valence-electron chi connectivity index (χ4n) is 1.63. The first-order chi connectivity index (χ1) is 9.22. The molecular weight excluding hydrogens is 244 g/mol. The molecule has 0 spiro atoms. The van der Waals surface area contributed by atoms with Gasteiger partial charge in [0.05, 0.1) is 5.69 Å². The number of benzene rings is 1. The van der Waals surface area contributed by atoms with Crippen molar-refractivity contribution in [1.82, 2.24) is 4.98 Å². The van der Waals surface area contributed by atoms with Crippen molar-refractivity contribution in [2.45, 2.75) is 6.23 Å². The van der Waals surface area contributed by atoms with E-state index in [0.29, 0.717) is 16.8 Å². The van der Waals surface area contributed by atoms with Gasteiger partial charge in [-0.1, -0.05) is 30.3 Å². The average molecular weight is 256 g/mol. The van der Waals surface area contributed by atoms with Gasteiger partial charge in [0.25, 0.3) is 6.47 Å². The molecule has 0 saturated carbocycles. The Morgan fingerprint density at radius 2 is 1.95 bits per heavy atom. The lowest BCUT2D eigenvalue weighted by Gasteiger charge is -2.09. The Balaban J connectivity index is 2.28. The number of aromatic nitrogens is 1. The topological polar surface area (TPSA) is 82.3 Å². The zero-order valence-electron chi connectivity index (χ0n) is 10.0. The van der Waals surface area contributed by atoms with Gasteiger partial charge in [0, 0.05) is 17.3 Å². The molecule has 96 valence electrons. The van der Waals surface area contributed by atoms with Gasteiger partial charge in [-0.25, -0.2) is 0 Å². The van der Waals surface area contributed by atoms with Crippen molar-refractivity contribution in [3.8, 4) is 0 Å². The normalized spacial score (nSPS) is 11.6. The highest BCUT2D eigenvalue weighted by atomic mass is 16.5. The molecule has 1 heterocycles. The maximum Gasteiger partial charge on any atom is 0.294 e. The number of pyridine rings is 1. The second-order valence-corrected chi connectivity index (χ2v) is 3.82. The molecule has 5 nitrogen and oxygen atoms in total. The van der Waals surface area contributed by atoms with Gasteiger partial charge < -0.3 is 4.74 Å². The Labute approximate surface area is 110 Å². The predicted molar refractivity (Wildman–Crippen MR) is 68.2 cm³/mol. The molecule has 0 aliphatic rings. The fraction of sp³-hybridized carbons (Fsp3) is 0.0714. The summed E-state index contributed by atoms with van der Waals surface area (Å²) < 4.78 is 4.59. The molecule has 0 radical (unpaired) electrons. The van der Waals surface area contributed by atoms with E-state index in [0.717, 1.165) is 0 Å². The molecular formula is C14H12N2O3. The highest BCUT2D eigenvalue weighted by Crippen LogP contribution is 2.13. The number of rotatable bonds is 5. The molecule has 19 heavy (non-hydrogen) atoms. The number of hydrogen-bond acceptors (Lipinski definition) is 5. The minimum Gasteiger partial charge on any atom is -0.443 e. The summed E-state index contributed by atoms with van der Waals surface area (Å²) in [6, 6.07) is 12.0. The summed E-state index contributed by atoms with van der Waals surface area (Å²) in [7, 11) is 0. The highest BCUT2D eigenvalue weighted by molar-refractivity contribution is 6.08. The summed E-state index contributed by atoms with van der Waals surface area (Å²) in [4.78, 5) is 26.4. The Morgan fingerprint density at radius 1 is 1.21 bits per heavy atom. The third kappa shape index (κ3) is 3.02. The Kier molecular flexibility index (Phi) is 4.00. The van der Waals surface area contributed by atoms with E-state index < -0.39 is 6.23 Å². The number of ketones is 1. The first-order valence-electron chi connectivity index (χ1n) is 5.63. The first-order valence-corrected chi connectivity index (χ1v) is 5.63. The molecule has 1 aromatic carbocycles. The number of ether oxygens (including phenoxy) is 1. The van der Waals surface area contributed by atoms with Gasteiger partial charge in [-0.2, -0.15) is 0 Å². The van der Waals surface area contributed by atoms with Crippen LogP contribution in [0.2, 0.25) is 0 Å². The molecule has 0 aliphatic heterocycles. The quantitative estimate of drug-likeness (QED) is 0.497. The van der Waals surface area contributed by atoms with Crippen LogP contribution < -0.4 is 5.73 Å². The van der Waals surface area contributed by atoms with Crippen LogP contribution in [0.15, 0.2) is 48.7 Å². The fourth-order valence-corrected chi connectivity index (χ4v) is 1.63. The largest absolute Gasteiger partial charge is 0.443 e. The van der Waals surface area contributed by atoms with Crippen LogP contribution in [0, 0.1) is 0 Å². The molecule has 0 amide bonds. The molecule has 0 fully saturated rings. The van der Waals surface area contributed by atoms with Gasteiger partial charge in [-0.05, 0) is 12.1 Å². The van der Waals surface area contributed by atoms with Gasteiger partial charge in [0.2, 0.25) is 0 Å². The van der Waals surface area contributed by atoms with Gasteiger partial charge in [0.1, 0.15) is 0 Å². The molecule has 0 bridgehead atoms. The summed E-state index contributed by atoms with van der Waals surface area (Å²) in [5, 5.41) is 0.